The zero-order chi connectivity index (χ0) is 21.0. The Balaban J connectivity index is 1.74. The Bertz CT molecular complexity index is 1060. The molecule has 3 rings (SSSR count). The number of ether oxygens (including phenoxy) is 1. The lowest BCUT2D eigenvalue weighted by molar-refractivity contribution is -0.114. The van der Waals surface area contributed by atoms with E-state index in [1.54, 1.807) is 5.38 Å². The van der Waals surface area contributed by atoms with Crippen molar-refractivity contribution in [2.45, 2.75) is 13.5 Å². The van der Waals surface area contributed by atoms with Crippen LogP contribution in [0.1, 0.15) is 17.3 Å². The average molecular weight is 421 g/mol. The first-order valence-corrected chi connectivity index (χ1v) is 9.09. The number of nitrogens with one attached hydrogen (secondary N) is 2. The molecule has 0 aliphatic carbocycles. The molecule has 3 aromatic rings. The summed E-state index contributed by atoms with van der Waals surface area (Å²) in [6.45, 7) is -1.68. The van der Waals surface area contributed by atoms with Gasteiger partial charge in [-0.3, -0.25) is 14.9 Å². The summed E-state index contributed by atoms with van der Waals surface area (Å²) in [5.41, 5.74) is 0.911. The van der Waals surface area contributed by atoms with E-state index in [1.165, 1.54) is 49.4 Å². The highest BCUT2D eigenvalue weighted by atomic mass is 32.1. The molecule has 2 amide bonds. The molecule has 0 fully saturated rings. The first-order valence-electron chi connectivity index (χ1n) is 8.21. The Hall–Kier alpha value is -3.40. The van der Waals surface area contributed by atoms with Gasteiger partial charge in [-0.2, -0.15) is 8.78 Å². The fourth-order valence-electron chi connectivity index (χ4n) is 2.44. The van der Waals surface area contributed by atoms with Crippen LogP contribution in [-0.2, 0) is 4.79 Å². The smallest absolute Gasteiger partial charge is 0.387 e. The summed E-state index contributed by atoms with van der Waals surface area (Å²) < 4.78 is 43.2. The highest BCUT2D eigenvalue weighted by Gasteiger charge is 2.14. The van der Waals surface area contributed by atoms with Crippen molar-refractivity contribution in [1.82, 2.24) is 4.98 Å². The number of alkyl halides is 2. The lowest BCUT2D eigenvalue weighted by Crippen LogP contribution is -2.12. The van der Waals surface area contributed by atoms with Crippen LogP contribution in [-0.4, -0.2) is 23.4 Å². The van der Waals surface area contributed by atoms with Crippen LogP contribution in [0.4, 0.5) is 24.0 Å². The van der Waals surface area contributed by atoms with Gasteiger partial charge in [0, 0.05) is 29.1 Å². The van der Waals surface area contributed by atoms with Crippen LogP contribution < -0.4 is 15.4 Å². The molecule has 10 heteroatoms. The molecule has 29 heavy (non-hydrogen) atoms. The monoisotopic (exact) mass is 421 g/mol. The molecule has 0 aliphatic rings. The summed E-state index contributed by atoms with van der Waals surface area (Å²) in [5.74, 6) is -1.63. The van der Waals surface area contributed by atoms with Crippen LogP contribution in [0.5, 0.6) is 5.75 Å². The van der Waals surface area contributed by atoms with Crippen LogP contribution in [0, 0.1) is 5.82 Å². The molecule has 0 radical (unpaired) electrons. The van der Waals surface area contributed by atoms with Gasteiger partial charge in [0.1, 0.15) is 11.6 Å². The number of hydrogen-bond donors (Lipinski definition) is 2. The molecular weight excluding hydrogens is 407 g/mol. The number of amides is 2. The molecule has 1 aromatic heterocycles. The maximum Gasteiger partial charge on any atom is 0.387 e. The summed E-state index contributed by atoms with van der Waals surface area (Å²) >= 11 is 1.08. The molecule has 0 aliphatic heterocycles. The van der Waals surface area contributed by atoms with E-state index in [-0.39, 0.29) is 27.9 Å². The van der Waals surface area contributed by atoms with Gasteiger partial charge in [0.2, 0.25) is 5.91 Å². The summed E-state index contributed by atoms with van der Waals surface area (Å²) in [7, 11) is 0. The fraction of sp³-hybridized carbons (Fsp3) is 0.105. The minimum Gasteiger partial charge on any atom is -0.435 e. The number of carbonyl (C=O) groups is 2. The summed E-state index contributed by atoms with van der Waals surface area (Å²) in [6, 6.07) is 9.49. The van der Waals surface area contributed by atoms with Crippen molar-refractivity contribution in [3.63, 3.8) is 0 Å². The van der Waals surface area contributed by atoms with Crippen LogP contribution >= 0.6 is 11.3 Å². The third-order valence-corrected chi connectivity index (χ3v) is 4.37. The predicted octanol–water partition coefficient (Wildman–Crippen LogP) is 4.76. The van der Waals surface area contributed by atoms with Crippen molar-refractivity contribution in [3.8, 4) is 17.0 Å². The van der Waals surface area contributed by atoms with Crippen LogP contribution in [0.15, 0.2) is 47.8 Å². The quantitative estimate of drug-likeness (QED) is 0.601. The number of halogens is 3. The molecule has 0 spiro atoms. The second-order valence-corrected chi connectivity index (χ2v) is 6.63. The summed E-state index contributed by atoms with van der Waals surface area (Å²) in [5, 5.41) is 6.77. The first kappa shape index (κ1) is 20.3. The molecule has 0 bridgehead atoms. The second-order valence-electron chi connectivity index (χ2n) is 5.77. The molecule has 0 saturated heterocycles. The number of benzene rings is 2. The molecule has 6 nitrogen and oxygen atoms in total. The lowest BCUT2D eigenvalue weighted by atomic mass is 10.1. The molecule has 0 atom stereocenters. The van der Waals surface area contributed by atoms with Crippen molar-refractivity contribution in [2.75, 3.05) is 10.6 Å². The molecular formula is C19H14F3N3O3S. The molecule has 150 valence electrons. The van der Waals surface area contributed by atoms with Gasteiger partial charge in [-0.15, -0.1) is 11.3 Å². The number of hydrogen-bond acceptors (Lipinski definition) is 5. The van der Waals surface area contributed by atoms with E-state index in [0.29, 0.717) is 11.4 Å². The minimum atomic E-state index is -3.00. The maximum atomic E-state index is 14.3. The van der Waals surface area contributed by atoms with E-state index in [9.17, 15) is 22.8 Å². The van der Waals surface area contributed by atoms with Gasteiger partial charge in [0.25, 0.3) is 5.91 Å². The average Bonchev–Trinajstić information content (AvgIpc) is 3.09. The first-order chi connectivity index (χ1) is 13.8. The Labute approximate surface area is 167 Å². The number of rotatable bonds is 6. The molecule has 0 unspecified atom stereocenters. The number of anilines is 2. The Morgan fingerprint density at radius 2 is 1.93 bits per heavy atom. The van der Waals surface area contributed by atoms with E-state index in [4.69, 9.17) is 0 Å². The zero-order valence-electron chi connectivity index (χ0n) is 14.9. The second kappa shape index (κ2) is 8.74. The Kier molecular flexibility index (Phi) is 6.13. The Morgan fingerprint density at radius 3 is 2.62 bits per heavy atom. The van der Waals surface area contributed by atoms with Gasteiger partial charge in [-0.25, -0.2) is 9.37 Å². The number of aromatic nitrogens is 1. The van der Waals surface area contributed by atoms with Crippen LogP contribution in [0.2, 0.25) is 0 Å². The van der Waals surface area contributed by atoms with E-state index in [0.717, 1.165) is 11.3 Å². The molecule has 2 N–H and O–H groups in total. The van der Waals surface area contributed by atoms with Crippen molar-refractivity contribution in [1.29, 1.82) is 0 Å². The van der Waals surface area contributed by atoms with Crippen LogP contribution in [0.25, 0.3) is 11.3 Å². The van der Waals surface area contributed by atoms with Crippen molar-refractivity contribution < 1.29 is 27.5 Å². The van der Waals surface area contributed by atoms with Gasteiger partial charge >= 0.3 is 6.61 Å². The zero-order valence-corrected chi connectivity index (χ0v) is 15.7. The standard InChI is InChI=1S/C19H14F3N3O3S/c1-10(26)23-12-5-6-14(15(20)8-12)16-9-29-19(24-16)25-17(27)11-3-2-4-13(7-11)28-18(21)22/h2-9,18H,1H3,(H,23,26)(H,24,25,27). The van der Waals surface area contributed by atoms with E-state index < -0.39 is 18.3 Å². The number of nitrogens with zero attached hydrogens (tertiary/aromatic N) is 1. The van der Waals surface area contributed by atoms with Crippen molar-refractivity contribution in [2.24, 2.45) is 0 Å². The molecule has 0 saturated carbocycles. The predicted molar refractivity (Wildman–Crippen MR) is 103 cm³/mol. The summed E-state index contributed by atoms with van der Waals surface area (Å²) in [4.78, 5) is 27.5. The van der Waals surface area contributed by atoms with Gasteiger partial charge in [0.05, 0.1) is 5.69 Å². The highest BCUT2D eigenvalue weighted by molar-refractivity contribution is 7.14. The maximum absolute atomic E-state index is 14.3. The van der Waals surface area contributed by atoms with E-state index in [2.05, 4.69) is 20.4 Å². The number of carbonyl (C=O) groups excluding carboxylic acids is 2. The van der Waals surface area contributed by atoms with Crippen molar-refractivity contribution in [3.05, 3.63) is 59.2 Å². The van der Waals surface area contributed by atoms with E-state index >= 15 is 0 Å². The van der Waals surface area contributed by atoms with E-state index in [1.807, 2.05) is 0 Å². The van der Waals surface area contributed by atoms with Gasteiger partial charge in [-0.1, -0.05) is 6.07 Å². The Morgan fingerprint density at radius 1 is 1.14 bits per heavy atom. The SMILES string of the molecule is CC(=O)Nc1ccc(-c2csc(NC(=O)c3cccc(OC(F)F)c3)n2)c(F)c1. The third-order valence-electron chi connectivity index (χ3n) is 3.61. The van der Waals surface area contributed by atoms with Gasteiger partial charge in [-0.05, 0) is 36.4 Å². The van der Waals surface area contributed by atoms with Crippen LogP contribution in [0.3, 0.4) is 0 Å². The molecule has 2 aromatic carbocycles. The summed E-state index contributed by atoms with van der Waals surface area (Å²) in [6.07, 6.45) is 0. The number of thiazole rings is 1. The largest absolute Gasteiger partial charge is 0.435 e. The van der Waals surface area contributed by atoms with Gasteiger partial charge < -0.3 is 10.1 Å². The fourth-order valence-corrected chi connectivity index (χ4v) is 3.15. The normalized spacial score (nSPS) is 10.7. The molecule has 1 heterocycles. The van der Waals surface area contributed by atoms with Crippen molar-refractivity contribution >= 4 is 34.0 Å². The topological polar surface area (TPSA) is 80.3 Å². The highest BCUT2D eigenvalue weighted by Crippen LogP contribution is 2.29. The third kappa shape index (κ3) is 5.32. The minimum absolute atomic E-state index is 0.103. The lowest BCUT2D eigenvalue weighted by Gasteiger charge is -2.06. The van der Waals surface area contributed by atoms with Gasteiger partial charge in [0.15, 0.2) is 5.13 Å².